The predicted octanol–water partition coefficient (Wildman–Crippen LogP) is 3.41. The number of fused-ring (bicyclic) bond motifs is 1. The van der Waals surface area contributed by atoms with Crippen molar-refractivity contribution in [2.24, 2.45) is 0 Å². The first-order valence-electron chi connectivity index (χ1n) is 5.81. The molecular formula is C15H13FN2. The second kappa shape index (κ2) is 4.18. The van der Waals surface area contributed by atoms with Crippen LogP contribution < -0.4 is 5.73 Å². The Hall–Kier alpha value is -2.29. The lowest BCUT2D eigenvalue weighted by Crippen LogP contribution is -1.97. The molecule has 0 amide bonds. The van der Waals surface area contributed by atoms with Crippen molar-refractivity contribution >= 4 is 16.6 Å². The van der Waals surface area contributed by atoms with Gasteiger partial charge in [0.25, 0.3) is 0 Å². The van der Waals surface area contributed by atoms with Gasteiger partial charge in [-0.2, -0.15) is 0 Å². The van der Waals surface area contributed by atoms with Crippen LogP contribution >= 0.6 is 0 Å². The number of nitrogens with zero attached hydrogens (tertiary/aromatic N) is 1. The van der Waals surface area contributed by atoms with Crippen molar-refractivity contribution in [1.82, 2.24) is 4.57 Å². The molecule has 0 unspecified atom stereocenters. The maximum absolute atomic E-state index is 12.8. The number of nitrogens with two attached hydrogens (primary N) is 1. The first-order chi connectivity index (χ1) is 8.72. The van der Waals surface area contributed by atoms with Crippen LogP contribution in [0.3, 0.4) is 0 Å². The van der Waals surface area contributed by atoms with Gasteiger partial charge in [-0.15, -0.1) is 0 Å². The van der Waals surface area contributed by atoms with Crippen LogP contribution in [0.25, 0.3) is 10.9 Å². The fraction of sp³-hybridized carbons (Fsp3) is 0.0667. The summed E-state index contributed by atoms with van der Waals surface area (Å²) < 4.78 is 15.0. The Labute approximate surface area is 104 Å². The van der Waals surface area contributed by atoms with Crippen molar-refractivity contribution in [3.05, 3.63) is 66.1 Å². The van der Waals surface area contributed by atoms with Crippen LogP contribution in [0.15, 0.2) is 54.7 Å². The summed E-state index contributed by atoms with van der Waals surface area (Å²) in [6.07, 6.45) is 2.02. The van der Waals surface area contributed by atoms with Crippen molar-refractivity contribution in [2.45, 2.75) is 6.54 Å². The Bertz CT molecular complexity index is 683. The molecule has 0 aliphatic carbocycles. The maximum Gasteiger partial charge on any atom is 0.123 e. The molecule has 0 fully saturated rings. The van der Waals surface area contributed by atoms with Crippen LogP contribution in [0.5, 0.6) is 0 Å². The molecule has 3 aromatic rings. The van der Waals surface area contributed by atoms with Crippen LogP contribution in [0.4, 0.5) is 10.1 Å². The van der Waals surface area contributed by atoms with E-state index in [-0.39, 0.29) is 5.82 Å². The van der Waals surface area contributed by atoms with Crippen molar-refractivity contribution in [1.29, 1.82) is 0 Å². The minimum atomic E-state index is -0.205. The quantitative estimate of drug-likeness (QED) is 0.684. The molecular weight excluding hydrogens is 227 g/mol. The van der Waals surface area contributed by atoms with Gasteiger partial charge in [0.2, 0.25) is 0 Å². The van der Waals surface area contributed by atoms with E-state index in [1.807, 2.05) is 30.5 Å². The summed E-state index contributed by atoms with van der Waals surface area (Å²) in [4.78, 5) is 0. The van der Waals surface area contributed by atoms with Gasteiger partial charge in [0.1, 0.15) is 5.82 Å². The van der Waals surface area contributed by atoms with Crippen LogP contribution in [-0.4, -0.2) is 4.57 Å². The Morgan fingerprint density at radius 3 is 2.56 bits per heavy atom. The maximum atomic E-state index is 12.8. The number of nitrogen functional groups attached to an aromatic ring is 1. The zero-order chi connectivity index (χ0) is 12.5. The number of anilines is 1. The summed E-state index contributed by atoms with van der Waals surface area (Å²) in [5.74, 6) is -0.205. The molecule has 18 heavy (non-hydrogen) atoms. The third kappa shape index (κ3) is 1.95. The Morgan fingerprint density at radius 1 is 1.00 bits per heavy atom. The monoisotopic (exact) mass is 240 g/mol. The second-order valence-electron chi connectivity index (χ2n) is 4.39. The normalized spacial score (nSPS) is 10.9. The zero-order valence-corrected chi connectivity index (χ0v) is 9.81. The molecule has 1 aromatic heterocycles. The van der Waals surface area contributed by atoms with E-state index < -0.39 is 0 Å². The highest BCUT2D eigenvalue weighted by molar-refractivity contribution is 5.83. The fourth-order valence-corrected chi connectivity index (χ4v) is 2.14. The third-order valence-electron chi connectivity index (χ3n) is 3.06. The van der Waals surface area contributed by atoms with E-state index in [4.69, 9.17) is 5.73 Å². The highest BCUT2D eigenvalue weighted by Crippen LogP contribution is 2.20. The summed E-state index contributed by atoms with van der Waals surface area (Å²) in [5.41, 5.74) is 8.72. The van der Waals surface area contributed by atoms with Crippen LogP contribution in [0.1, 0.15) is 5.56 Å². The average Bonchev–Trinajstić information content (AvgIpc) is 2.74. The molecule has 0 bridgehead atoms. The Balaban J connectivity index is 1.97. The van der Waals surface area contributed by atoms with E-state index in [9.17, 15) is 4.39 Å². The minimum absolute atomic E-state index is 0.205. The molecule has 1 heterocycles. The van der Waals surface area contributed by atoms with Gasteiger partial charge >= 0.3 is 0 Å². The lowest BCUT2D eigenvalue weighted by Gasteiger charge is -2.06. The van der Waals surface area contributed by atoms with E-state index in [1.165, 1.54) is 12.1 Å². The fourth-order valence-electron chi connectivity index (χ4n) is 2.14. The van der Waals surface area contributed by atoms with Crippen molar-refractivity contribution in [2.75, 3.05) is 5.73 Å². The summed E-state index contributed by atoms with van der Waals surface area (Å²) >= 11 is 0. The van der Waals surface area contributed by atoms with E-state index in [1.54, 1.807) is 12.1 Å². The first-order valence-corrected chi connectivity index (χ1v) is 5.81. The molecule has 0 radical (unpaired) electrons. The number of rotatable bonds is 2. The van der Waals surface area contributed by atoms with Gasteiger partial charge in [0, 0.05) is 29.3 Å². The summed E-state index contributed by atoms with van der Waals surface area (Å²) in [7, 11) is 0. The zero-order valence-electron chi connectivity index (χ0n) is 9.81. The van der Waals surface area contributed by atoms with Crippen molar-refractivity contribution in [3.63, 3.8) is 0 Å². The summed E-state index contributed by atoms with van der Waals surface area (Å²) in [6.45, 7) is 0.730. The number of hydrogen-bond donors (Lipinski definition) is 1. The molecule has 3 rings (SSSR count). The highest BCUT2D eigenvalue weighted by atomic mass is 19.1. The molecule has 0 saturated heterocycles. The van der Waals surface area contributed by atoms with Crippen LogP contribution in [-0.2, 0) is 6.54 Å². The molecule has 0 spiro atoms. The summed E-state index contributed by atoms with van der Waals surface area (Å²) in [6, 6.07) is 14.5. The van der Waals surface area contributed by atoms with Gasteiger partial charge in [0.05, 0.1) is 0 Å². The highest BCUT2D eigenvalue weighted by Gasteiger charge is 2.02. The largest absolute Gasteiger partial charge is 0.399 e. The smallest absolute Gasteiger partial charge is 0.123 e. The molecule has 90 valence electrons. The lowest BCUT2D eigenvalue weighted by molar-refractivity contribution is 0.626. The lowest BCUT2D eigenvalue weighted by atomic mass is 10.2. The van der Waals surface area contributed by atoms with Gasteiger partial charge in [-0.05, 0) is 42.0 Å². The predicted molar refractivity (Wildman–Crippen MR) is 71.9 cm³/mol. The van der Waals surface area contributed by atoms with Crippen molar-refractivity contribution < 1.29 is 4.39 Å². The van der Waals surface area contributed by atoms with Gasteiger partial charge in [-0.25, -0.2) is 4.39 Å². The van der Waals surface area contributed by atoms with Gasteiger partial charge in [-0.3, -0.25) is 0 Å². The average molecular weight is 240 g/mol. The van der Waals surface area contributed by atoms with Gasteiger partial charge in [-0.1, -0.05) is 12.1 Å². The summed E-state index contributed by atoms with van der Waals surface area (Å²) in [5, 5.41) is 1.12. The van der Waals surface area contributed by atoms with E-state index >= 15 is 0 Å². The molecule has 0 aliphatic heterocycles. The Kier molecular flexibility index (Phi) is 2.52. The number of halogens is 1. The molecule has 0 atom stereocenters. The molecule has 2 N–H and O–H groups in total. The van der Waals surface area contributed by atoms with Crippen molar-refractivity contribution in [3.8, 4) is 0 Å². The standard InChI is InChI=1S/C15H13FN2/c16-13-3-1-11(2-4-13)10-18-8-7-12-9-14(17)5-6-15(12)18/h1-9H,10,17H2. The van der Waals surface area contributed by atoms with Gasteiger partial charge < -0.3 is 10.3 Å². The number of aromatic nitrogens is 1. The molecule has 0 aliphatic rings. The van der Waals surface area contributed by atoms with E-state index in [2.05, 4.69) is 4.57 Å². The first kappa shape index (κ1) is 10.8. The van der Waals surface area contributed by atoms with Gasteiger partial charge in [0.15, 0.2) is 0 Å². The van der Waals surface area contributed by atoms with E-state index in [0.29, 0.717) is 0 Å². The molecule has 2 nitrogen and oxygen atoms in total. The second-order valence-corrected chi connectivity index (χ2v) is 4.39. The SMILES string of the molecule is Nc1ccc2c(ccn2Cc2ccc(F)cc2)c1. The Morgan fingerprint density at radius 2 is 1.78 bits per heavy atom. The molecule has 0 saturated carbocycles. The molecule has 3 heteroatoms. The third-order valence-corrected chi connectivity index (χ3v) is 3.06. The van der Waals surface area contributed by atoms with Crippen LogP contribution in [0.2, 0.25) is 0 Å². The number of benzene rings is 2. The number of hydrogen-bond acceptors (Lipinski definition) is 1. The van der Waals surface area contributed by atoms with E-state index in [0.717, 1.165) is 28.7 Å². The van der Waals surface area contributed by atoms with Crippen LogP contribution in [0, 0.1) is 5.82 Å². The topological polar surface area (TPSA) is 30.9 Å². The molecule has 2 aromatic carbocycles. The minimum Gasteiger partial charge on any atom is -0.399 e.